The summed E-state index contributed by atoms with van der Waals surface area (Å²) in [5.74, 6) is 0. The third-order valence-electron chi connectivity index (χ3n) is 4.23. The molecule has 1 aliphatic heterocycles. The summed E-state index contributed by atoms with van der Waals surface area (Å²) >= 11 is 0. The Bertz CT molecular complexity index is 384. The van der Waals surface area contributed by atoms with Crippen LogP contribution in [0, 0.1) is 0 Å². The molecule has 0 bridgehead atoms. The van der Waals surface area contributed by atoms with E-state index in [1.54, 1.807) is 21.3 Å². The van der Waals surface area contributed by atoms with Gasteiger partial charge in [0.1, 0.15) is 12.2 Å². The van der Waals surface area contributed by atoms with Crippen LogP contribution in [0.25, 0.3) is 0 Å². The van der Waals surface area contributed by atoms with E-state index in [4.69, 9.17) is 52.1 Å². The number of aliphatic hydroxyl groups is 2. The molecule has 0 aromatic rings. The van der Waals surface area contributed by atoms with E-state index in [-0.39, 0.29) is 24.7 Å². The first-order chi connectivity index (χ1) is 14.2. The Balaban J connectivity index is 0. The average Bonchev–Trinajstić information content (AvgIpc) is 3.54. The molecule has 190 valence electrons. The number of aliphatic hydroxyl groups excluding tert-OH is 2. The molecule has 1 fully saturated rings. The fourth-order valence-corrected chi connectivity index (χ4v) is 4.84. The van der Waals surface area contributed by atoms with Crippen molar-refractivity contribution in [2.45, 2.75) is 50.0 Å². The number of unbranched alkanes of at least 4 members (excludes halogenated alkanes) is 2. The molecule has 2 atom stereocenters. The van der Waals surface area contributed by atoms with Gasteiger partial charge in [0.25, 0.3) is 0 Å². The van der Waals surface area contributed by atoms with Crippen LogP contribution in [0.1, 0.15) is 25.7 Å². The summed E-state index contributed by atoms with van der Waals surface area (Å²) in [7, 11) is -1.34. The molecule has 1 rings (SSSR count). The molecule has 1 saturated heterocycles. The molecule has 14 heteroatoms. The minimum Gasteiger partial charge on any atom is -0.457 e. The summed E-state index contributed by atoms with van der Waals surface area (Å²) in [6.07, 6.45) is 2.52. The lowest BCUT2D eigenvalue weighted by Gasteiger charge is -2.24. The molecule has 0 spiro atoms. The molecule has 2 unspecified atom stereocenters. The molecule has 0 amide bonds. The first-order valence-electron chi connectivity index (χ1n) is 10.1. The summed E-state index contributed by atoms with van der Waals surface area (Å²) in [5, 5.41) is 17.3. The van der Waals surface area contributed by atoms with Gasteiger partial charge in [0.05, 0.1) is 26.4 Å². The Morgan fingerprint density at radius 1 is 0.903 bits per heavy atom. The number of epoxide rings is 1. The second-order valence-electron chi connectivity index (χ2n) is 6.93. The van der Waals surface area contributed by atoms with Gasteiger partial charge in [0.15, 0.2) is 0 Å². The van der Waals surface area contributed by atoms with E-state index in [1.807, 2.05) is 0 Å². The lowest BCUT2D eigenvalue weighted by Crippen LogP contribution is -2.42. The van der Waals surface area contributed by atoms with Gasteiger partial charge >= 0.3 is 17.6 Å². The Kier molecular flexibility index (Phi) is 20.8. The maximum atomic E-state index is 8.86. The van der Waals surface area contributed by atoms with Crippen molar-refractivity contribution < 1.29 is 57.6 Å². The van der Waals surface area contributed by atoms with Crippen molar-refractivity contribution >= 4 is 17.6 Å². The predicted molar refractivity (Wildman–Crippen MR) is 117 cm³/mol. The highest BCUT2D eigenvalue weighted by molar-refractivity contribution is 6.60. The van der Waals surface area contributed by atoms with E-state index < -0.39 is 23.7 Å². The molecule has 0 radical (unpaired) electrons. The largest absolute Gasteiger partial charge is 0.500 e. The van der Waals surface area contributed by atoms with Crippen molar-refractivity contribution in [3.05, 3.63) is 0 Å². The molecule has 0 aromatic heterocycles. The lowest BCUT2D eigenvalue weighted by atomic mass is 10.3. The smallest absolute Gasteiger partial charge is 0.457 e. The van der Waals surface area contributed by atoms with Crippen molar-refractivity contribution in [2.24, 2.45) is 0 Å². The molecule has 1 aliphatic rings. The Labute approximate surface area is 186 Å². The standard InChI is InChI=1S/C10H22O5Si.C7H18O6Si.H2O/c1-11-16(12-2,13-3)7-5-4-6-14-8-10-9-15-10;8-5-7(9)6-13-3-1-2-4-14(10,11)12;/h10H,4-9H2,1-3H3;7-12H,1-6H2;1H2/p+1. The monoisotopic (exact) mass is 495 g/mol. The van der Waals surface area contributed by atoms with E-state index >= 15 is 0 Å². The van der Waals surface area contributed by atoms with Crippen molar-refractivity contribution in [1.82, 2.24) is 0 Å². The maximum absolute atomic E-state index is 8.86. The van der Waals surface area contributed by atoms with Gasteiger partial charge in [-0.25, -0.2) is 0 Å². The van der Waals surface area contributed by atoms with Gasteiger partial charge in [0.2, 0.25) is 0 Å². The average molecular weight is 496 g/mol. The summed E-state index contributed by atoms with van der Waals surface area (Å²) in [6.45, 7) is 2.44. The van der Waals surface area contributed by atoms with Crippen LogP contribution in [0.4, 0.5) is 0 Å². The Hall–Kier alpha value is -0.0462. The zero-order chi connectivity index (χ0) is 22.9. The van der Waals surface area contributed by atoms with E-state index in [1.165, 1.54) is 0 Å². The van der Waals surface area contributed by atoms with Crippen molar-refractivity contribution in [1.29, 1.82) is 0 Å². The SMILES string of the molecule is CO[Si](CCCCOCC1CO1)(OC)OC.OCC(O)COCCCC[Si](O)(O)O.[OH3+]. The van der Waals surface area contributed by atoms with E-state index in [2.05, 4.69) is 0 Å². The van der Waals surface area contributed by atoms with Crippen LogP contribution in [0.2, 0.25) is 12.1 Å². The first kappa shape index (κ1) is 33.1. The van der Waals surface area contributed by atoms with Crippen LogP contribution in [0.15, 0.2) is 0 Å². The van der Waals surface area contributed by atoms with Gasteiger partial charge in [-0.1, -0.05) is 0 Å². The van der Waals surface area contributed by atoms with Gasteiger partial charge in [-0.05, 0) is 25.7 Å². The van der Waals surface area contributed by atoms with Gasteiger partial charge < -0.3 is 57.6 Å². The summed E-state index contributed by atoms with van der Waals surface area (Å²) in [4.78, 5) is 25.9. The van der Waals surface area contributed by atoms with E-state index in [0.29, 0.717) is 25.6 Å². The highest BCUT2D eigenvalue weighted by Gasteiger charge is 2.36. The van der Waals surface area contributed by atoms with Gasteiger partial charge in [-0.2, -0.15) is 0 Å². The number of hydrogen-bond donors (Lipinski definition) is 5. The molecule has 1 heterocycles. The third kappa shape index (κ3) is 20.3. The van der Waals surface area contributed by atoms with E-state index in [0.717, 1.165) is 38.7 Å². The fraction of sp³-hybridized carbons (Fsp3) is 1.00. The highest BCUT2D eigenvalue weighted by atomic mass is 28.4. The molecule has 12 nitrogen and oxygen atoms in total. The van der Waals surface area contributed by atoms with Crippen LogP contribution in [-0.2, 0) is 33.0 Å². The second kappa shape index (κ2) is 19.4. The van der Waals surface area contributed by atoms with Gasteiger partial charge in [-0.3, -0.25) is 0 Å². The minimum atomic E-state index is -3.89. The zero-order valence-electron chi connectivity index (χ0n) is 18.9. The van der Waals surface area contributed by atoms with Crippen molar-refractivity contribution in [3.8, 4) is 0 Å². The van der Waals surface area contributed by atoms with Crippen LogP contribution < -0.4 is 0 Å². The number of rotatable bonds is 18. The lowest BCUT2D eigenvalue weighted by molar-refractivity contribution is 0.00541. The van der Waals surface area contributed by atoms with Crippen molar-refractivity contribution in [2.75, 3.05) is 61.0 Å². The molecule has 31 heavy (non-hydrogen) atoms. The van der Waals surface area contributed by atoms with Crippen LogP contribution in [0.3, 0.4) is 0 Å². The zero-order valence-corrected chi connectivity index (χ0v) is 20.9. The summed E-state index contributed by atoms with van der Waals surface area (Å²) in [6, 6.07) is 0.832. The van der Waals surface area contributed by atoms with Crippen LogP contribution in [0.5, 0.6) is 0 Å². The molecule has 0 aromatic carbocycles. The summed E-state index contributed by atoms with van der Waals surface area (Å²) in [5.41, 5.74) is 0. The minimum absolute atomic E-state index is 0. The molecular formula is C17H43O12Si2+. The first-order valence-corrected chi connectivity index (χ1v) is 14.1. The van der Waals surface area contributed by atoms with Gasteiger partial charge in [0, 0.05) is 46.6 Å². The third-order valence-corrected chi connectivity index (χ3v) is 8.09. The number of ether oxygens (including phenoxy) is 3. The normalized spacial score (nSPS) is 16.8. The molecule has 0 aliphatic carbocycles. The van der Waals surface area contributed by atoms with Crippen molar-refractivity contribution in [3.63, 3.8) is 0 Å². The van der Waals surface area contributed by atoms with Crippen LogP contribution in [-0.4, -0.2) is 115 Å². The maximum Gasteiger partial charge on any atom is 0.500 e. The van der Waals surface area contributed by atoms with E-state index in [9.17, 15) is 0 Å². The Morgan fingerprint density at radius 2 is 1.42 bits per heavy atom. The molecular weight excluding hydrogens is 452 g/mol. The predicted octanol–water partition coefficient (Wildman–Crippen LogP) is -1.81. The topological polar surface area (TPSA) is 193 Å². The molecule has 0 saturated carbocycles. The summed E-state index contributed by atoms with van der Waals surface area (Å²) < 4.78 is 31.4. The quantitative estimate of drug-likeness (QED) is 0.0622. The molecule has 8 N–H and O–H groups in total. The Morgan fingerprint density at radius 3 is 1.87 bits per heavy atom. The highest BCUT2D eigenvalue weighted by Crippen LogP contribution is 2.16. The van der Waals surface area contributed by atoms with Crippen LogP contribution >= 0.6 is 0 Å². The van der Waals surface area contributed by atoms with Gasteiger partial charge in [-0.15, -0.1) is 0 Å². The number of hydrogen-bond acceptors (Lipinski definition) is 11. The fourth-order valence-electron chi connectivity index (χ4n) is 2.32. The second-order valence-corrected chi connectivity index (χ2v) is 12.1.